The molecular formula is C13H20N2O5. The van der Waals surface area contributed by atoms with Crippen molar-refractivity contribution in [3.05, 3.63) is 0 Å². The number of urea groups is 1. The predicted octanol–water partition coefficient (Wildman–Crippen LogP) is 0.540. The van der Waals surface area contributed by atoms with Crippen molar-refractivity contribution < 1.29 is 24.2 Å². The van der Waals surface area contributed by atoms with Gasteiger partial charge in [0.2, 0.25) is 0 Å². The smallest absolute Gasteiger partial charge is 0.325 e. The van der Waals surface area contributed by atoms with Crippen molar-refractivity contribution in [2.75, 3.05) is 26.2 Å². The lowest BCUT2D eigenvalue weighted by Gasteiger charge is -2.27. The van der Waals surface area contributed by atoms with Gasteiger partial charge in [-0.2, -0.15) is 0 Å². The normalized spacial score (nSPS) is 21.6. The summed E-state index contributed by atoms with van der Waals surface area (Å²) in [6.45, 7) is 2.61. The van der Waals surface area contributed by atoms with Crippen molar-refractivity contribution in [2.45, 2.75) is 32.2 Å². The molecule has 0 aromatic carbocycles. The molecule has 1 saturated carbocycles. The van der Waals surface area contributed by atoms with E-state index < -0.39 is 17.9 Å². The monoisotopic (exact) mass is 284 g/mol. The Morgan fingerprint density at radius 1 is 1.30 bits per heavy atom. The van der Waals surface area contributed by atoms with E-state index in [0.29, 0.717) is 13.0 Å². The van der Waals surface area contributed by atoms with Crippen LogP contribution >= 0.6 is 0 Å². The molecule has 2 fully saturated rings. The van der Waals surface area contributed by atoms with Crippen LogP contribution < -0.4 is 0 Å². The van der Waals surface area contributed by atoms with Gasteiger partial charge in [0, 0.05) is 19.1 Å². The van der Waals surface area contributed by atoms with Gasteiger partial charge in [-0.3, -0.25) is 9.59 Å². The number of carboxylic acid groups (broad SMARTS) is 1. The molecule has 1 aliphatic heterocycles. The molecule has 1 heterocycles. The van der Waals surface area contributed by atoms with Gasteiger partial charge in [0.25, 0.3) is 0 Å². The number of aliphatic carboxylic acids is 1. The van der Waals surface area contributed by atoms with E-state index >= 15 is 0 Å². The molecule has 2 amide bonds. The van der Waals surface area contributed by atoms with Crippen LogP contribution in [0.4, 0.5) is 4.79 Å². The highest BCUT2D eigenvalue weighted by Gasteiger charge is 2.39. The van der Waals surface area contributed by atoms with Crippen LogP contribution in [0.15, 0.2) is 0 Å². The van der Waals surface area contributed by atoms with Crippen LogP contribution in [-0.4, -0.2) is 65.2 Å². The van der Waals surface area contributed by atoms with E-state index in [0.717, 1.165) is 12.8 Å². The van der Waals surface area contributed by atoms with Crippen LogP contribution in [0.1, 0.15) is 26.2 Å². The Kier molecular flexibility index (Phi) is 4.46. The fourth-order valence-corrected chi connectivity index (χ4v) is 2.40. The molecule has 0 aromatic heterocycles. The number of hydrogen-bond acceptors (Lipinski definition) is 4. The minimum absolute atomic E-state index is 0.0500. The Morgan fingerprint density at radius 2 is 2.00 bits per heavy atom. The third kappa shape index (κ3) is 3.40. The zero-order valence-corrected chi connectivity index (χ0v) is 11.6. The van der Waals surface area contributed by atoms with Gasteiger partial charge >= 0.3 is 18.0 Å². The lowest BCUT2D eigenvalue weighted by Crippen LogP contribution is -2.46. The molecule has 0 spiro atoms. The summed E-state index contributed by atoms with van der Waals surface area (Å²) >= 11 is 0. The zero-order chi connectivity index (χ0) is 14.7. The van der Waals surface area contributed by atoms with Gasteiger partial charge in [-0.25, -0.2) is 4.79 Å². The standard InChI is InChI=1S/C13H20N2O5/c1-2-20-11(16)8-15(10-3-4-10)13(19)14-6-5-9(7-14)12(17)18/h9-10H,2-8H2,1H3,(H,17,18). The summed E-state index contributed by atoms with van der Waals surface area (Å²) in [5.41, 5.74) is 0. The van der Waals surface area contributed by atoms with Gasteiger partial charge < -0.3 is 19.6 Å². The van der Waals surface area contributed by atoms with E-state index in [4.69, 9.17) is 9.84 Å². The number of nitrogens with zero attached hydrogens (tertiary/aromatic N) is 2. The molecule has 112 valence electrons. The fraction of sp³-hybridized carbons (Fsp3) is 0.769. The zero-order valence-electron chi connectivity index (χ0n) is 11.6. The summed E-state index contributed by atoms with van der Waals surface area (Å²) in [5, 5.41) is 8.96. The Balaban J connectivity index is 1.94. The molecule has 0 radical (unpaired) electrons. The van der Waals surface area contributed by atoms with Gasteiger partial charge in [-0.15, -0.1) is 0 Å². The first-order valence-electron chi connectivity index (χ1n) is 6.97. The van der Waals surface area contributed by atoms with Gasteiger partial charge in [0.15, 0.2) is 0 Å². The number of rotatable bonds is 5. The van der Waals surface area contributed by atoms with Crippen molar-refractivity contribution in [2.24, 2.45) is 5.92 Å². The van der Waals surface area contributed by atoms with E-state index in [9.17, 15) is 14.4 Å². The minimum atomic E-state index is -0.872. The third-order valence-corrected chi connectivity index (χ3v) is 3.65. The van der Waals surface area contributed by atoms with Crippen molar-refractivity contribution in [3.8, 4) is 0 Å². The van der Waals surface area contributed by atoms with Crippen LogP contribution in [0.5, 0.6) is 0 Å². The van der Waals surface area contributed by atoms with Gasteiger partial charge in [0.1, 0.15) is 6.54 Å². The van der Waals surface area contributed by atoms with Gasteiger partial charge in [-0.1, -0.05) is 0 Å². The van der Waals surface area contributed by atoms with E-state index in [2.05, 4.69) is 0 Å². The van der Waals surface area contributed by atoms with E-state index in [1.54, 1.807) is 6.92 Å². The average Bonchev–Trinajstić information content (AvgIpc) is 3.11. The highest BCUT2D eigenvalue weighted by Crippen LogP contribution is 2.29. The molecule has 0 bridgehead atoms. The number of amides is 2. The number of carboxylic acids is 1. The maximum absolute atomic E-state index is 12.4. The highest BCUT2D eigenvalue weighted by molar-refractivity contribution is 5.82. The van der Waals surface area contributed by atoms with Gasteiger partial charge in [-0.05, 0) is 26.2 Å². The highest BCUT2D eigenvalue weighted by atomic mass is 16.5. The molecule has 1 aliphatic carbocycles. The van der Waals surface area contributed by atoms with Crippen LogP contribution in [0.3, 0.4) is 0 Å². The molecule has 7 heteroatoms. The van der Waals surface area contributed by atoms with Crippen molar-refractivity contribution in [3.63, 3.8) is 0 Å². The number of ether oxygens (including phenoxy) is 1. The van der Waals surface area contributed by atoms with Gasteiger partial charge in [0.05, 0.1) is 12.5 Å². The van der Waals surface area contributed by atoms with Crippen molar-refractivity contribution in [1.29, 1.82) is 0 Å². The number of carbonyl (C=O) groups is 3. The maximum atomic E-state index is 12.4. The summed E-state index contributed by atoms with van der Waals surface area (Å²) in [4.78, 5) is 37.9. The summed E-state index contributed by atoms with van der Waals surface area (Å²) in [5.74, 6) is -1.78. The maximum Gasteiger partial charge on any atom is 0.325 e. The first-order valence-corrected chi connectivity index (χ1v) is 6.97. The Bertz CT molecular complexity index is 408. The number of esters is 1. The summed E-state index contributed by atoms with van der Waals surface area (Å²) < 4.78 is 4.88. The van der Waals surface area contributed by atoms with Crippen LogP contribution in [-0.2, 0) is 14.3 Å². The summed E-state index contributed by atoms with van der Waals surface area (Å²) in [6.07, 6.45) is 2.25. The second-order valence-electron chi connectivity index (χ2n) is 5.22. The second kappa shape index (κ2) is 6.11. The quantitative estimate of drug-likeness (QED) is 0.745. The Hall–Kier alpha value is -1.79. The number of hydrogen-bond donors (Lipinski definition) is 1. The third-order valence-electron chi connectivity index (χ3n) is 3.65. The summed E-state index contributed by atoms with van der Waals surface area (Å²) in [6, 6.07) is -0.153. The molecule has 20 heavy (non-hydrogen) atoms. The molecule has 7 nitrogen and oxygen atoms in total. The lowest BCUT2D eigenvalue weighted by atomic mass is 10.1. The minimum Gasteiger partial charge on any atom is -0.481 e. The molecule has 1 N–H and O–H groups in total. The first-order chi connectivity index (χ1) is 9.52. The molecule has 0 aromatic rings. The lowest BCUT2D eigenvalue weighted by molar-refractivity contribution is -0.144. The number of likely N-dealkylation sites (tertiary alicyclic amines) is 1. The van der Waals surface area contributed by atoms with Crippen LogP contribution in [0.25, 0.3) is 0 Å². The molecule has 1 saturated heterocycles. The SMILES string of the molecule is CCOC(=O)CN(C(=O)N1CCC(C(=O)O)C1)C1CC1. The average molecular weight is 284 g/mol. The first kappa shape index (κ1) is 14.6. The number of carbonyl (C=O) groups excluding carboxylic acids is 2. The second-order valence-corrected chi connectivity index (χ2v) is 5.22. The Morgan fingerprint density at radius 3 is 2.50 bits per heavy atom. The summed E-state index contributed by atoms with van der Waals surface area (Å²) in [7, 11) is 0. The van der Waals surface area contributed by atoms with Crippen molar-refractivity contribution >= 4 is 18.0 Å². The van der Waals surface area contributed by atoms with Crippen LogP contribution in [0.2, 0.25) is 0 Å². The van der Waals surface area contributed by atoms with E-state index in [-0.39, 0.29) is 31.8 Å². The predicted molar refractivity (Wildman–Crippen MR) is 69.1 cm³/mol. The van der Waals surface area contributed by atoms with Crippen LogP contribution in [0, 0.1) is 5.92 Å². The van der Waals surface area contributed by atoms with Crippen molar-refractivity contribution in [1.82, 2.24) is 9.80 Å². The molecule has 2 rings (SSSR count). The largest absolute Gasteiger partial charge is 0.481 e. The van der Waals surface area contributed by atoms with E-state index in [1.807, 2.05) is 0 Å². The molecule has 1 unspecified atom stereocenters. The molecule has 2 aliphatic rings. The topological polar surface area (TPSA) is 87.2 Å². The van der Waals surface area contributed by atoms with E-state index in [1.165, 1.54) is 9.80 Å². The Labute approximate surface area is 117 Å². The molecular weight excluding hydrogens is 264 g/mol. The fourth-order valence-electron chi connectivity index (χ4n) is 2.40. The molecule has 1 atom stereocenters.